The van der Waals surface area contributed by atoms with E-state index in [1.54, 1.807) is 0 Å². The van der Waals surface area contributed by atoms with Crippen molar-refractivity contribution in [2.45, 2.75) is 6.92 Å². The van der Waals surface area contributed by atoms with E-state index in [4.69, 9.17) is 4.55 Å². The van der Waals surface area contributed by atoms with Gasteiger partial charge in [0.25, 0.3) is 10.1 Å². The summed E-state index contributed by atoms with van der Waals surface area (Å²) in [6.07, 6.45) is 1.81. The highest BCUT2D eigenvalue weighted by atomic mass is 32.2. The summed E-state index contributed by atoms with van der Waals surface area (Å²) in [5.41, 5.74) is 0. The maximum absolute atomic E-state index is 9.75. The Morgan fingerprint density at radius 1 is 1.64 bits per heavy atom. The van der Waals surface area contributed by atoms with Crippen molar-refractivity contribution in [3.05, 3.63) is 12.8 Å². The number of esters is 1. The molecule has 0 rings (SSSR count). The average molecular weight is 182 g/mol. The predicted molar refractivity (Wildman–Crippen MR) is 39.4 cm³/mol. The van der Waals surface area contributed by atoms with E-state index >= 15 is 0 Å². The third-order valence-electron chi connectivity index (χ3n) is 0.249. The van der Waals surface area contributed by atoms with Crippen LogP contribution >= 0.6 is 0 Å². The van der Waals surface area contributed by atoms with Crippen LogP contribution in [0.25, 0.3) is 0 Å². The molecular weight excluding hydrogens is 172 g/mol. The van der Waals surface area contributed by atoms with Gasteiger partial charge in [0.15, 0.2) is 0 Å². The second-order valence-corrected chi connectivity index (χ2v) is 2.98. The molecule has 0 fully saturated rings. The van der Waals surface area contributed by atoms with Gasteiger partial charge in [-0.1, -0.05) is 6.58 Å². The van der Waals surface area contributed by atoms with Crippen LogP contribution in [0.1, 0.15) is 6.92 Å². The molecule has 0 aromatic heterocycles. The first-order chi connectivity index (χ1) is 4.77. The Hall–Kier alpha value is -0.880. The van der Waals surface area contributed by atoms with Crippen molar-refractivity contribution >= 4 is 16.1 Å². The molecular formula is C5H10O5S. The van der Waals surface area contributed by atoms with Crippen LogP contribution in [-0.2, 0) is 19.6 Å². The summed E-state index contributed by atoms with van der Waals surface area (Å²) >= 11 is 0. The van der Waals surface area contributed by atoms with Crippen LogP contribution in [-0.4, -0.2) is 25.2 Å². The highest BCUT2D eigenvalue weighted by Gasteiger charge is 1.81. The number of hydrogen-bond acceptors (Lipinski definition) is 4. The lowest BCUT2D eigenvalue weighted by atomic mass is 10.8. The molecule has 0 saturated carbocycles. The fourth-order valence-corrected chi connectivity index (χ4v) is 0.117. The molecule has 0 aromatic rings. The van der Waals surface area contributed by atoms with Gasteiger partial charge in [0, 0.05) is 6.92 Å². The molecule has 66 valence electrons. The quantitative estimate of drug-likeness (QED) is 0.356. The van der Waals surface area contributed by atoms with Gasteiger partial charge in [-0.3, -0.25) is 9.35 Å². The van der Waals surface area contributed by atoms with E-state index in [2.05, 4.69) is 11.3 Å². The summed E-state index contributed by atoms with van der Waals surface area (Å²) < 4.78 is 30.0. The van der Waals surface area contributed by atoms with E-state index in [1.807, 2.05) is 0 Å². The molecule has 11 heavy (non-hydrogen) atoms. The molecule has 6 heteroatoms. The lowest BCUT2D eigenvalue weighted by Crippen LogP contribution is -1.88. The molecule has 0 saturated heterocycles. The van der Waals surface area contributed by atoms with E-state index in [9.17, 15) is 13.2 Å². The van der Waals surface area contributed by atoms with E-state index < -0.39 is 10.1 Å². The molecule has 0 atom stereocenters. The molecule has 0 spiro atoms. The fourth-order valence-electron chi connectivity index (χ4n) is 0.117. The van der Waals surface area contributed by atoms with Crippen molar-refractivity contribution in [1.82, 2.24) is 0 Å². The highest BCUT2D eigenvalue weighted by Crippen LogP contribution is 1.70. The van der Waals surface area contributed by atoms with Gasteiger partial charge in [-0.25, -0.2) is 0 Å². The van der Waals surface area contributed by atoms with Gasteiger partial charge in [0.1, 0.15) is 0 Å². The lowest BCUT2D eigenvalue weighted by molar-refractivity contribution is -0.135. The van der Waals surface area contributed by atoms with Crippen molar-refractivity contribution < 1.29 is 22.5 Å². The summed E-state index contributed by atoms with van der Waals surface area (Å²) in [5, 5.41) is 0. The van der Waals surface area contributed by atoms with Crippen molar-refractivity contribution in [2.24, 2.45) is 0 Å². The molecule has 0 aromatic carbocycles. The molecule has 0 unspecified atom stereocenters. The molecule has 5 nitrogen and oxygen atoms in total. The first-order valence-corrected chi connectivity index (χ1v) is 4.32. The first kappa shape index (κ1) is 12.8. The molecule has 1 N–H and O–H groups in total. The van der Waals surface area contributed by atoms with Gasteiger partial charge in [-0.2, -0.15) is 8.42 Å². The van der Waals surface area contributed by atoms with Gasteiger partial charge in [0.2, 0.25) is 0 Å². The summed E-state index contributed by atoms with van der Waals surface area (Å²) in [7, 11) is -3.67. The van der Waals surface area contributed by atoms with Crippen LogP contribution < -0.4 is 0 Å². The highest BCUT2D eigenvalue weighted by molar-refractivity contribution is 7.85. The van der Waals surface area contributed by atoms with Crippen molar-refractivity contribution in [3.63, 3.8) is 0 Å². The topological polar surface area (TPSA) is 80.7 Å². The summed E-state index contributed by atoms with van der Waals surface area (Å²) in [6, 6.07) is 0. The Balaban J connectivity index is 0. The van der Waals surface area contributed by atoms with Crippen LogP contribution in [0.15, 0.2) is 12.8 Å². The van der Waals surface area contributed by atoms with Crippen molar-refractivity contribution in [1.29, 1.82) is 0 Å². The van der Waals surface area contributed by atoms with Gasteiger partial charge < -0.3 is 4.74 Å². The zero-order valence-corrected chi connectivity index (χ0v) is 7.09. The van der Waals surface area contributed by atoms with Crippen LogP contribution in [0, 0.1) is 0 Å². The maximum Gasteiger partial charge on any atom is 0.307 e. The Bertz CT molecular complexity index is 207. The first-order valence-electron chi connectivity index (χ1n) is 2.48. The van der Waals surface area contributed by atoms with Gasteiger partial charge in [0.05, 0.1) is 12.5 Å². The zero-order chi connectivity index (χ0) is 9.49. The van der Waals surface area contributed by atoms with Crippen molar-refractivity contribution in [3.8, 4) is 0 Å². The summed E-state index contributed by atoms with van der Waals surface area (Å²) in [5.74, 6) is -0.329. The number of rotatable bonds is 1. The molecule has 0 aliphatic rings. The minimum absolute atomic E-state index is 0.329. The molecule has 0 radical (unpaired) electrons. The summed E-state index contributed by atoms with van der Waals surface area (Å²) in [6.45, 7) is 4.48. The van der Waals surface area contributed by atoms with E-state index in [-0.39, 0.29) is 5.97 Å². The third-order valence-corrected chi connectivity index (χ3v) is 0.249. The molecule has 0 amide bonds. The van der Waals surface area contributed by atoms with Gasteiger partial charge in [-0.15, -0.1) is 0 Å². The number of hydrogen-bond donors (Lipinski definition) is 1. The largest absolute Gasteiger partial charge is 0.435 e. The molecule has 0 bridgehead atoms. The standard InChI is InChI=1S/C4H6O2.CH4O3S/c1-3-6-4(2)5;1-5(2,3)4/h3H,1H2,2H3;1H3,(H,2,3,4). The monoisotopic (exact) mass is 182 g/mol. The maximum atomic E-state index is 9.75. The van der Waals surface area contributed by atoms with E-state index in [1.165, 1.54) is 6.92 Å². The third kappa shape index (κ3) is 103. The molecule has 0 heterocycles. The second-order valence-electron chi connectivity index (χ2n) is 1.51. The zero-order valence-electron chi connectivity index (χ0n) is 6.27. The Labute approximate surface area is 65.4 Å². The molecule has 0 aliphatic carbocycles. The SMILES string of the molecule is C=COC(C)=O.CS(=O)(=O)O. The van der Waals surface area contributed by atoms with Crippen LogP contribution in [0.2, 0.25) is 0 Å². The minimum atomic E-state index is -3.67. The van der Waals surface area contributed by atoms with E-state index in [0.29, 0.717) is 6.26 Å². The average Bonchev–Trinajstić information content (AvgIpc) is 1.58. The minimum Gasteiger partial charge on any atom is -0.435 e. The van der Waals surface area contributed by atoms with Gasteiger partial charge in [-0.05, 0) is 0 Å². The normalized spacial score (nSPS) is 9.00. The smallest absolute Gasteiger partial charge is 0.307 e. The summed E-state index contributed by atoms with van der Waals surface area (Å²) in [4.78, 5) is 9.75. The Morgan fingerprint density at radius 2 is 1.91 bits per heavy atom. The van der Waals surface area contributed by atoms with Crippen LogP contribution in [0.3, 0.4) is 0 Å². The number of carbonyl (C=O) groups excluding carboxylic acids is 1. The predicted octanol–water partition coefficient (Wildman–Crippen LogP) is 0.197. The van der Waals surface area contributed by atoms with Gasteiger partial charge >= 0.3 is 5.97 Å². The molecule has 0 aliphatic heterocycles. The lowest BCUT2D eigenvalue weighted by Gasteiger charge is -1.83. The fraction of sp³-hybridized carbons (Fsp3) is 0.400. The van der Waals surface area contributed by atoms with E-state index in [0.717, 1.165) is 6.26 Å². The second kappa shape index (κ2) is 5.87. The Kier molecular flexibility index (Phi) is 6.81. The Morgan fingerprint density at radius 3 is 1.91 bits per heavy atom. The van der Waals surface area contributed by atoms with Crippen LogP contribution in [0.4, 0.5) is 0 Å². The van der Waals surface area contributed by atoms with Crippen molar-refractivity contribution in [2.75, 3.05) is 6.26 Å². The number of carbonyl (C=O) groups is 1. The van der Waals surface area contributed by atoms with Crippen LogP contribution in [0.5, 0.6) is 0 Å². The number of ether oxygens (including phenoxy) is 1.